The quantitative estimate of drug-likeness (QED) is 0.422. The first-order valence-electron chi connectivity index (χ1n) is 6.29. The molecule has 2 atom stereocenters. The summed E-state index contributed by atoms with van der Waals surface area (Å²) >= 11 is 0. The van der Waals surface area contributed by atoms with Crippen LogP contribution < -0.4 is 0 Å². The van der Waals surface area contributed by atoms with Gasteiger partial charge >= 0.3 is 5.97 Å². The van der Waals surface area contributed by atoms with Crippen LogP contribution >= 0.6 is 0 Å². The summed E-state index contributed by atoms with van der Waals surface area (Å²) in [6.07, 6.45) is 4.35. The Balaban J connectivity index is 2.72. The minimum absolute atomic E-state index is 0.283. The van der Waals surface area contributed by atoms with Crippen LogP contribution in [0.4, 0.5) is 0 Å². The first-order chi connectivity index (χ1) is 7.74. The Kier molecular flexibility index (Phi) is 4.18. The first-order valence-corrected chi connectivity index (χ1v) is 6.29. The summed E-state index contributed by atoms with van der Waals surface area (Å²) in [4.78, 5) is 11.6. The molecule has 2 nitrogen and oxygen atoms in total. The van der Waals surface area contributed by atoms with E-state index in [1.54, 1.807) is 6.92 Å². The lowest BCUT2D eigenvalue weighted by atomic mass is 9.75. The fraction of sp³-hybridized carbons (Fsp3) is 0.667. The molecule has 0 saturated carbocycles. The summed E-state index contributed by atoms with van der Waals surface area (Å²) in [5.74, 6) is 0.690. The third-order valence-electron chi connectivity index (χ3n) is 3.83. The van der Waals surface area contributed by atoms with E-state index in [4.69, 9.17) is 4.74 Å². The maximum atomic E-state index is 11.6. The van der Waals surface area contributed by atoms with Gasteiger partial charge in [-0.05, 0) is 46.5 Å². The van der Waals surface area contributed by atoms with Gasteiger partial charge < -0.3 is 4.74 Å². The van der Waals surface area contributed by atoms with Gasteiger partial charge in [0.05, 0.1) is 0 Å². The Morgan fingerprint density at radius 2 is 2.12 bits per heavy atom. The summed E-state index contributed by atoms with van der Waals surface area (Å²) in [5.41, 5.74) is 1.50. The van der Waals surface area contributed by atoms with Gasteiger partial charge in [-0.2, -0.15) is 0 Å². The molecule has 0 aromatic carbocycles. The van der Waals surface area contributed by atoms with Gasteiger partial charge in [0.2, 0.25) is 0 Å². The van der Waals surface area contributed by atoms with Crippen LogP contribution in [0.25, 0.3) is 0 Å². The molecule has 96 valence electrons. The van der Waals surface area contributed by atoms with E-state index >= 15 is 0 Å². The minimum Gasteiger partial charge on any atom is -0.456 e. The van der Waals surface area contributed by atoms with Crippen molar-refractivity contribution in [3.63, 3.8) is 0 Å². The zero-order chi connectivity index (χ0) is 13.2. The van der Waals surface area contributed by atoms with E-state index in [-0.39, 0.29) is 5.97 Å². The maximum Gasteiger partial charge on any atom is 0.333 e. The molecule has 2 heteroatoms. The Morgan fingerprint density at radius 3 is 2.59 bits per heavy atom. The summed E-state index contributed by atoms with van der Waals surface area (Å²) in [6.45, 7) is 13.7. The van der Waals surface area contributed by atoms with Gasteiger partial charge in [-0.3, -0.25) is 0 Å². The molecular formula is C15H24O2. The second-order valence-corrected chi connectivity index (χ2v) is 5.79. The monoisotopic (exact) mass is 236 g/mol. The highest BCUT2D eigenvalue weighted by Crippen LogP contribution is 2.37. The first kappa shape index (κ1) is 14.0. The molecule has 0 aromatic heterocycles. The van der Waals surface area contributed by atoms with Crippen LogP contribution in [0.1, 0.15) is 47.5 Å². The van der Waals surface area contributed by atoms with Gasteiger partial charge in [0.25, 0.3) is 0 Å². The van der Waals surface area contributed by atoms with E-state index in [0.29, 0.717) is 17.4 Å². The van der Waals surface area contributed by atoms with Gasteiger partial charge in [0.1, 0.15) is 5.60 Å². The number of rotatable bonds is 3. The highest BCUT2D eigenvalue weighted by molar-refractivity contribution is 5.87. The van der Waals surface area contributed by atoms with Crippen LogP contribution in [0.2, 0.25) is 0 Å². The van der Waals surface area contributed by atoms with Crippen molar-refractivity contribution in [2.75, 3.05) is 0 Å². The van der Waals surface area contributed by atoms with Crippen molar-refractivity contribution in [2.24, 2.45) is 11.8 Å². The molecule has 1 aliphatic carbocycles. The van der Waals surface area contributed by atoms with E-state index in [0.717, 1.165) is 12.8 Å². The maximum absolute atomic E-state index is 11.6. The van der Waals surface area contributed by atoms with E-state index in [1.807, 2.05) is 13.8 Å². The van der Waals surface area contributed by atoms with E-state index in [2.05, 4.69) is 26.5 Å². The van der Waals surface area contributed by atoms with Gasteiger partial charge in [0.15, 0.2) is 0 Å². The topological polar surface area (TPSA) is 26.3 Å². The van der Waals surface area contributed by atoms with Crippen LogP contribution in [-0.2, 0) is 9.53 Å². The molecule has 2 unspecified atom stereocenters. The van der Waals surface area contributed by atoms with Crippen LogP contribution in [-0.4, -0.2) is 11.6 Å². The number of carbonyl (C=O) groups excluding carboxylic acids is 1. The Hall–Kier alpha value is -1.05. The van der Waals surface area contributed by atoms with Crippen molar-refractivity contribution in [3.05, 3.63) is 23.8 Å². The van der Waals surface area contributed by atoms with Gasteiger partial charge in [-0.1, -0.05) is 25.2 Å². The van der Waals surface area contributed by atoms with Crippen molar-refractivity contribution in [2.45, 2.75) is 53.1 Å². The molecule has 0 radical (unpaired) electrons. The Morgan fingerprint density at radius 1 is 1.53 bits per heavy atom. The second-order valence-electron chi connectivity index (χ2n) is 5.79. The summed E-state index contributed by atoms with van der Waals surface area (Å²) in [5, 5.41) is 0. The second kappa shape index (κ2) is 5.07. The van der Waals surface area contributed by atoms with Crippen LogP contribution in [0.15, 0.2) is 23.8 Å². The van der Waals surface area contributed by atoms with Gasteiger partial charge in [-0.25, -0.2) is 4.79 Å². The summed E-state index contributed by atoms with van der Waals surface area (Å²) < 4.78 is 5.55. The number of hydrogen-bond donors (Lipinski definition) is 0. The normalized spacial score (nSPS) is 25.1. The number of carbonyl (C=O) groups is 1. The largest absolute Gasteiger partial charge is 0.456 e. The van der Waals surface area contributed by atoms with Crippen molar-refractivity contribution >= 4 is 5.97 Å². The molecule has 0 heterocycles. The van der Waals surface area contributed by atoms with Crippen molar-refractivity contribution in [1.29, 1.82) is 0 Å². The number of allylic oxidation sites excluding steroid dienone is 2. The molecule has 17 heavy (non-hydrogen) atoms. The molecular weight excluding hydrogens is 212 g/mol. The van der Waals surface area contributed by atoms with Gasteiger partial charge in [0, 0.05) is 11.5 Å². The lowest BCUT2D eigenvalue weighted by Gasteiger charge is -2.37. The average Bonchev–Trinajstić information content (AvgIpc) is 2.21. The molecule has 0 aliphatic heterocycles. The molecule has 0 N–H and O–H groups in total. The van der Waals surface area contributed by atoms with Gasteiger partial charge in [-0.15, -0.1) is 0 Å². The van der Waals surface area contributed by atoms with Crippen molar-refractivity contribution in [3.8, 4) is 0 Å². The van der Waals surface area contributed by atoms with E-state index < -0.39 is 5.60 Å². The van der Waals surface area contributed by atoms with Crippen LogP contribution in [0, 0.1) is 11.8 Å². The van der Waals surface area contributed by atoms with Crippen molar-refractivity contribution < 1.29 is 9.53 Å². The number of esters is 1. The van der Waals surface area contributed by atoms with Crippen molar-refractivity contribution in [1.82, 2.24) is 0 Å². The molecule has 1 rings (SSSR count). The predicted octanol–water partition coefficient (Wildman–Crippen LogP) is 3.88. The lowest BCUT2D eigenvalue weighted by molar-refractivity contribution is -0.157. The molecule has 0 aromatic rings. The predicted molar refractivity (Wildman–Crippen MR) is 70.6 cm³/mol. The molecule has 0 amide bonds. The Labute approximate surface area is 105 Å². The summed E-state index contributed by atoms with van der Waals surface area (Å²) in [7, 11) is 0. The molecule has 0 spiro atoms. The average molecular weight is 236 g/mol. The van der Waals surface area contributed by atoms with E-state index in [1.165, 1.54) is 5.57 Å². The zero-order valence-electron chi connectivity index (χ0n) is 11.7. The lowest BCUT2D eigenvalue weighted by Crippen LogP contribution is -2.38. The minimum atomic E-state index is -0.415. The molecule has 0 fully saturated rings. The molecule has 0 saturated heterocycles. The number of hydrogen-bond acceptors (Lipinski definition) is 2. The fourth-order valence-electron chi connectivity index (χ4n) is 2.22. The standard InChI is InChI=1S/C15H24O2/c1-10(2)14(16)17-15(5,6)13-8-7-11(3)12(4)9-13/h7,12-13H,1,8-9H2,2-6H3. The van der Waals surface area contributed by atoms with Crippen LogP contribution in [0.5, 0.6) is 0 Å². The molecule has 1 aliphatic rings. The van der Waals surface area contributed by atoms with E-state index in [9.17, 15) is 4.79 Å². The highest BCUT2D eigenvalue weighted by Gasteiger charge is 2.35. The third kappa shape index (κ3) is 3.45. The fourth-order valence-corrected chi connectivity index (χ4v) is 2.22. The highest BCUT2D eigenvalue weighted by atomic mass is 16.6. The Bertz CT molecular complexity index is 350. The number of ether oxygens (including phenoxy) is 1. The SMILES string of the molecule is C=C(C)C(=O)OC(C)(C)C1CC=C(C)C(C)C1. The summed E-state index contributed by atoms with van der Waals surface area (Å²) in [6, 6.07) is 0. The van der Waals surface area contributed by atoms with Crippen LogP contribution in [0.3, 0.4) is 0 Å². The third-order valence-corrected chi connectivity index (χ3v) is 3.83. The smallest absolute Gasteiger partial charge is 0.333 e. The zero-order valence-corrected chi connectivity index (χ0v) is 11.7. The molecule has 0 bridgehead atoms.